The van der Waals surface area contributed by atoms with Gasteiger partial charge in [-0.25, -0.2) is 4.98 Å². The molecule has 3 heteroatoms. The van der Waals surface area contributed by atoms with Gasteiger partial charge in [-0.05, 0) is 37.9 Å². The van der Waals surface area contributed by atoms with E-state index >= 15 is 0 Å². The van der Waals surface area contributed by atoms with Gasteiger partial charge in [0, 0.05) is 18.8 Å². The van der Waals surface area contributed by atoms with Gasteiger partial charge in [0.2, 0.25) is 0 Å². The van der Waals surface area contributed by atoms with Crippen LogP contribution in [-0.2, 0) is 0 Å². The normalized spacial score (nSPS) is 15.4. The van der Waals surface area contributed by atoms with E-state index in [0.29, 0.717) is 0 Å². The number of nitrogens with zero attached hydrogens (tertiary/aromatic N) is 1. The molecule has 1 aromatic heterocycles. The maximum absolute atomic E-state index is 4.19. The largest absolute Gasteiger partial charge is 0.370 e. The van der Waals surface area contributed by atoms with E-state index in [-0.39, 0.29) is 0 Å². The predicted octanol–water partition coefficient (Wildman–Crippen LogP) is 1.64. The molecule has 1 aliphatic carbocycles. The van der Waals surface area contributed by atoms with Gasteiger partial charge in [0.1, 0.15) is 5.82 Å². The topological polar surface area (TPSA) is 37.0 Å². The molecule has 0 unspecified atom stereocenters. The molecule has 0 radical (unpaired) electrons. The van der Waals surface area contributed by atoms with E-state index in [9.17, 15) is 0 Å². The molecule has 0 bridgehead atoms. The van der Waals surface area contributed by atoms with Crippen LogP contribution in [0, 0.1) is 0 Å². The third kappa shape index (κ3) is 3.34. The maximum Gasteiger partial charge on any atom is 0.125 e. The molecule has 1 saturated carbocycles. The molecule has 1 aliphatic rings. The zero-order valence-electron chi connectivity index (χ0n) is 8.37. The molecule has 3 nitrogen and oxygen atoms in total. The van der Waals surface area contributed by atoms with Crippen molar-refractivity contribution in [3.8, 4) is 0 Å². The Morgan fingerprint density at radius 1 is 1.29 bits per heavy atom. The molecule has 0 spiro atoms. The van der Waals surface area contributed by atoms with Gasteiger partial charge in [-0.3, -0.25) is 0 Å². The maximum atomic E-state index is 4.19. The zero-order valence-corrected chi connectivity index (χ0v) is 8.37. The summed E-state index contributed by atoms with van der Waals surface area (Å²) < 4.78 is 0. The summed E-state index contributed by atoms with van der Waals surface area (Å²) in [5.41, 5.74) is 0. The van der Waals surface area contributed by atoms with Crippen LogP contribution < -0.4 is 10.6 Å². The summed E-state index contributed by atoms with van der Waals surface area (Å²) in [5, 5.41) is 6.77. The van der Waals surface area contributed by atoms with Crippen molar-refractivity contribution in [3.05, 3.63) is 24.4 Å². The van der Waals surface area contributed by atoms with E-state index in [1.165, 1.54) is 12.8 Å². The predicted molar refractivity (Wildman–Crippen MR) is 58.4 cm³/mol. The van der Waals surface area contributed by atoms with Gasteiger partial charge < -0.3 is 10.6 Å². The molecular weight excluding hydrogens is 174 g/mol. The van der Waals surface area contributed by atoms with Crippen molar-refractivity contribution in [2.24, 2.45) is 0 Å². The van der Waals surface area contributed by atoms with Crippen LogP contribution in [0.25, 0.3) is 0 Å². The first-order valence-electron chi connectivity index (χ1n) is 5.33. The van der Waals surface area contributed by atoms with Gasteiger partial charge in [-0.1, -0.05) is 6.07 Å². The lowest BCUT2D eigenvalue weighted by Crippen LogP contribution is -2.20. The Bertz CT molecular complexity index is 256. The van der Waals surface area contributed by atoms with E-state index < -0.39 is 0 Å². The van der Waals surface area contributed by atoms with E-state index in [0.717, 1.165) is 31.4 Å². The number of pyridine rings is 1. The highest BCUT2D eigenvalue weighted by molar-refractivity contribution is 5.32. The lowest BCUT2D eigenvalue weighted by molar-refractivity contribution is 0.658. The Morgan fingerprint density at radius 2 is 2.21 bits per heavy atom. The van der Waals surface area contributed by atoms with Crippen LogP contribution in [0.3, 0.4) is 0 Å². The molecule has 0 aliphatic heterocycles. The van der Waals surface area contributed by atoms with Gasteiger partial charge in [-0.15, -0.1) is 0 Å². The summed E-state index contributed by atoms with van der Waals surface area (Å²) >= 11 is 0. The fourth-order valence-corrected chi connectivity index (χ4v) is 1.37. The monoisotopic (exact) mass is 191 g/mol. The third-order valence-electron chi connectivity index (χ3n) is 2.33. The molecule has 1 heterocycles. The molecule has 0 amide bonds. The van der Waals surface area contributed by atoms with Crippen LogP contribution in [0.15, 0.2) is 24.4 Å². The molecule has 0 saturated heterocycles. The van der Waals surface area contributed by atoms with Crippen LogP contribution >= 0.6 is 0 Å². The van der Waals surface area contributed by atoms with Crippen LogP contribution in [0.2, 0.25) is 0 Å². The van der Waals surface area contributed by atoms with Gasteiger partial charge in [0.25, 0.3) is 0 Å². The van der Waals surface area contributed by atoms with Crippen molar-refractivity contribution in [1.29, 1.82) is 0 Å². The van der Waals surface area contributed by atoms with Crippen LogP contribution in [0.1, 0.15) is 19.3 Å². The first-order valence-corrected chi connectivity index (χ1v) is 5.33. The molecule has 2 N–H and O–H groups in total. The van der Waals surface area contributed by atoms with Crippen molar-refractivity contribution < 1.29 is 0 Å². The molecule has 76 valence electrons. The molecule has 0 aromatic carbocycles. The Morgan fingerprint density at radius 3 is 2.93 bits per heavy atom. The van der Waals surface area contributed by atoms with Crippen molar-refractivity contribution in [1.82, 2.24) is 10.3 Å². The summed E-state index contributed by atoms with van der Waals surface area (Å²) in [5.74, 6) is 0.971. The van der Waals surface area contributed by atoms with E-state index in [4.69, 9.17) is 0 Å². The molecular formula is C11H17N3. The van der Waals surface area contributed by atoms with Crippen molar-refractivity contribution in [2.45, 2.75) is 25.3 Å². The number of rotatable bonds is 6. The van der Waals surface area contributed by atoms with E-state index in [1.54, 1.807) is 0 Å². The van der Waals surface area contributed by atoms with Crippen LogP contribution in [0.5, 0.6) is 0 Å². The third-order valence-corrected chi connectivity index (χ3v) is 2.33. The average molecular weight is 191 g/mol. The summed E-state index contributed by atoms with van der Waals surface area (Å²) in [6.45, 7) is 2.11. The highest BCUT2D eigenvalue weighted by Crippen LogP contribution is 2.18. The lowest BCUT2D eigenvalue weighted by atomic mass is 10.4. The smallest absolute Gasteiger partial charge is 0.125 e. The highest BCUT2D eigenvalue weighted by atomic mass is 15.0. The fourth-order valence-electron chi connectivity index (χ4n) is 1.37. The number of anilines is 1. The van der Waals surface area contributed by atoms with Crippen molar-refractivity contribution in [3.63, 3.8) is 0 Å². The summed E-state index contributed by atoms with van der Waals surface area (Å²) in [6, 6.07) is 6.75. The quantitative estimate of drug-likeness (QED) is 0.671. The Balaban J connectivity index is 1.54. The van der Waals surface area contributed by atoms with E-state index in [1.807, 2.05) is 24.4 Å². The first-order chi connectivity index (χ1) is 6.95. The fraction of sp³-hybridized carbons (Fsp3) is 0.545. The van der Waals surface area contributed by atoms with Crippen LogP contribution in [-0.4, -0.2) is 24.1 Å². The second-order valence-electron chi connectivity index (χ2n) is 3.72. The van der Waals surface area contributed by atoms with E-state index in [2.05, 4.69) is 15.6 Å². The zero-order chi connectivity index (χ0) is 9.64. The van der Waals surface area contributed by atoms with Gasteiger partial charge in [0.15, 0.2) is 0 Å². The molecule has 1 aromatic rings. The second-order valence-corrected chi connectivity index (χ2v) is 3.72. The Hall–Kier alpha value is -1.09. The molecule has 14 heavy (non-hydrogen) atoms. The highest BCUT2D eigenvalue weighted by Gasteiger charge is 2.19. The van der Waals surface area contributed by atoms with Gasteiger partial charge >= 0.3 is 0 Å². The minimum absolute atomic E-state index is 0.824. The summed E-state index contributed by atoms with van der Waals surface area (Å²) in [6.07, 6.45) is 5.71. The van der Waals surface area contributed by atoms with Gasteiger partial charge in [-0.2, -0.15) is 0 Å². The number of aromatic nitrogens is 1. The van der Waals surface area contributed by atoms with Crippen LogP contribution in [0.4, 0.5) is 5.82 Å². The summed E-state index contributed by atoms with van der Waals surface area (Å²) in [7, 11) is 0. The Labute approximate surface area is 84.9 Å². The number of hydrogen-bond donors (Lipinski definition) is 2. The number of hydrogen-bond acceptors (Lipinski definition) is 3. The molecule has 0 atom stereocenters. The SMILES string of the molecule is c1ccc(NCCCNC2CC2)nc1. The standard InChI is InChI=1S/C11H17N3/c1-2-7-13-11(4-1)14-9-3-8-12-10-5-6-10/h1-2,4,7,10,12H,3,5-6,8-9H2,(H,13,14). The molecule has 2 rings (SSSR count). The first kappa shape index (κ1) is 9.46. The second kappa shape index (κ2) is 4.96. The van der Waals surface area contributed by atoms with Crippen molar-refractivity contribution >= 4 is 5.82 Å². The molecule has 1 fully saturated rings. The minimum atomic E-state index is 0.824. The van der Waals surface area contributed by atoms with Gasteiger partial charge in [0.05, 0.1) is 0 Å². The average Bonchev–Trinajstić information content (AvgIpc) is 3.03. The van der Waals surface area contributed by atoms with Crippen molar-refractivity contribution in [2.75, 3.05) is 18.4 Å². The lowest BCUT2D eigenvalue weighted by Gasteiger charge is -2.05. The number of nitrogens with one attached hydrogen (secondary N) is 2. The Kier molecular flexibility index (Phi) is 3.35. The summed E-state index contributed by atoms with van der Waals surface area (Å²) in [4.78, 5) is 4.19. The minimum Gasteiger partial charge on any atom is -0.370 e.